The first-order valence-corrected chi connectivity index (χ1v) is 6.62. The van der Waals surface area contributed by atoms with Gasteiger partial charge in [-0.15, -0.1) is 0 Å². The Labute approximate surface area is 111 Å². The van der Waals surface area contributed by atoms with Crippen LogP contribution in [0.15, 0.2) is 23.3 Å². The van der Waals surface area contributed by atoms with Gasteiger partial charge in [-0.05, 0) is 19.8 Å². The molecule has 2 aromatic rings. The molecule has 0 unspecified atom stereocenters. The second-order valence-electron chi connectivity index (χ2n) is 4.74. The number of fused-ring (bicyclic) bond motifs is 1. The molecule has 6 nitrogen and oxygen atoms in total. The second kappa shape index (κ2) is 4.87. The highest BCUT2D eigenvalue weighted by molar-refractivity contribution is 5.48. The second-order valence-corrected chi connectivity index (χ2v) is 4.74. The zero-order chi connectivity index (χ0) is 13.2. The summed E-state index contributed by atoms with van der Waals surface area (Å²) in [5.41, 5.74) is 2.79. The van der Waals surface area contributed by atoms with Crippen molar-refractivity contribution in [3.8, 4) is 0 Å². The maximum atomic E-state index is 12.0. The van der Waals surface area contributed by atoms with E-state index in [2.05, 4.69) is 15.5 Å². The van der Waals surface area contributed by atoms with E-state index in [9.17, 15) is 4.79 Å². The lowest BCUT2D eigenvalue weighted by Crippen LogP contribution is -2.27. The normalized spacial score (nSPS) is 13.9. The van der Waals surface area contributed by atoms with E-state index in [1.807, 2.05) is 17.8 Å². The van der Waals surface area contributed by atoms with Crippen LogP contribution < -0.4 is 10.9 Å². The minimum atomic E-state index is -0.0719. The Morgan fingerprint density at radius 2 is 2.37 bits per heavy atom. The summed E-state index contributed by atoms with van der Waals surface area (Å²) in [6.07, 6.45) is 5.73. The highest BCUT2D eigenvalue weighted by Gasteiger charge is 2.13. The molecule has 0 spiro atoms. The van der Waals surface area contributed by atoms with Gasteiger partial charge in [-0.25, -0.2) is 4.68 Å². The minimum absolute atomic E-state index is 0.0719. The van der Waals surface area contributed by atoms with Crippen LogP contribution in [0.2, 0.25) is 0 Å². The molecule has 100 valence electrons. The molecule has 0 saturated heterocycles. The Hall–Kier alpha value is -2.11. The number of nitrogens with one attached hydrogen (secondary N) is 1. The summed E-state index contributed by atoms with van der Waals surface area (Å²) in [7, 11) is 0. The van der Waals surface area contributed by atoms with E-state index < -0.39 is 0 Å². The number of aryl methyl sites for hydroxylation is 2. The van der Waals surface area contributed by atoms with Gasteiger partial charge in [0, 0.05) is 30.9 Å². The number of rotatable bonds is 3. The van der Waals surface area contributed by atoms with E-state index in [1.165, 1.54) is 4.68 Å². The highest BCUT2D eigenvalue weighted by atomic mass is 16.1. The summed E-state index contributed by atoms with van der Waals surface area (Å²) in [6, 6.07) is 1.64. The molecule has 0 atom stereocenters. The van der Waals surface area contributed by atoms with E-state index in [-0.39, 0.29) is 5.56 Å². The summed E-state index contributed by atoms with van der Waals surface area (Å²) < 4.78 is 3.36. The predicted octanol–water partition coefficient (Wildman–Crippen LogP) is 0.866. The first-order valence-electron chi connectivity index (χ1n) is 6.62. The molecule has 19 heavy (non-hydrogen) atoms. The summed E-state index contributed by atoms with van der Waals surface area (Å²) in [5, 5.41) is 11.9. The quantitative estimate of drug-likeness (QED) is 0.888. The fourth-order valence-electron chi connectivity index (χ4n) is 2.29. The third kappa shape index (κ3) is 2.38. The van der Waals surface area contributed by atoms with Crippen LogP contribution in [0, 0.1) is 0 Å². The summed E-state index contributed by atoms with van der Waals surface area (Å²) in [4.78, 5) is 12.0. The fraction of sp³-hybridized carbons (Fsp3) is 0.462. The van der Waals surface area contributed by atoms with Gasteiger partial charge in [0.05, 0.1) is 24.1 Å². The first-order chi connectivity index (χ1) is 9.26. The summed E-state index contributed by atoms with van der Waals surface area (Å²) in [6.45, 7) is 4.26. The van der Waals surface area contributed by atoms with Crippen LogP contribution in [0.4, 0.5) is 5.69 Å². The molecular formula is C13H17N5O. The molecule has 3 heterocycles. The standard InChI is InChI=1S/C13H17N5O/c1-2-17-8-10(7-15-17)9-18-13(19)6-12-11(16-18)4-3-5-14-12/h6-8,14H,2-5,9H2,1H3. The van der Waals surface area contributed by atoms with Gasteiger partial charge in [-0.1, -0.05) is 0 Å². The molecule has 6 heteroatoms. The zero-order valence-corrected chi connectivity index (χ0v) is 11.0. The number of hydrogen-bond acceptors (Lipinski definition) is 4. The van der Waals surface area contributed by atoms with Gasteiger partial charge < -0.3 is 5.32 Å². The number of aromatic nitrogens is 4. The van der Waals surface area contributed by atoms with Gasteiger partial charge in [0.15, 0.2) is 0 Å². The van der Waals surface area contributed by atoms with E-state index in [4.69, 9.17) is 0 Å². The summed E-state index contributed by atoms with van der Waals surface area (Å²) in [5.74, 6) is 0. The maximum Gasteiger partial charge on any atom is 0.269 e. The van der Waals surface area contributed by atoms with Gasteiger partial charge in [0.25, 0.3) is 5.56 Å². The van der Waals surface area contributed by atoms with E-state index >= 15 is 0 Å². The van der Waals surface area contributed by atoms with Crippen LogP contribution in [0.5, 0.6) is 0 Å². The van der Waals surface area contributed by atoms with Gasteiger partial charge in [0.1, 0.15) is 0 Å². The van der Waals surface area contributed by atoms with Gasteiger partial charge in [-0.3, -0.25) is 9.48 Å². The molecule has 0 saturated carbocycles. The molecule has 0 radical (unpaired) electrons. The Morgan fingerprint density at radius 1 is 1.47 bits per heavy atom. The average Bonchev–Trinajstić information content (AvgIpc) is 2.87. The fourth-order valence-corrected chi connectivity index (χ4v) is 2.29. The summed E-state index contributed by atoms with van der Waals surface area (Å²) >= 11 is 0. The van der Waals surface area contributed by atoms with E-state index in [1.54, 1.807) is 12.3 Å². The molecule has 1 aliphatic rings. The first kappa shape index (κ1) is 12.0. The van der Waals surface area contributed by atoms with Crippen LogP contribution in [0.3, 0.4) is 0 Å². The number of hydrogen-bond donors (Lipinski definition) is 1. The monoisotopic (exact) mass is 259 g/mol. The minimum Gasteiger partial charge on any atom is -0.383 e. The molecule has 1 aliphatic heterocycles. The van der Waals surface area contributed by atoms with Crippen molar-refractivity contribution in [2.75, 3.05) is 11.9 Å². The number of nitrogens with zero attached hydrogens (tertiary/aromatic N) is 4. The number of anilines is 1. The van der Waals surface area contributed by atoms with Crippen molar-refractivity contribution >= 4 is 5.69 Å². The SMILES string of the molecule is CCn1cc(Cn2nc3c(cc2=O)NCCC3)cn1. The van der Waals surface area contributed by atoms with Crippen LogP contribution >= 0.6 is 0 Å². The van der Waals surface area contributed by atoms with Gasteiger partial charge in [-0.2, -0.15) is 10.2 Å². The van der Waals surface area contributed by atoms with Crippen molar-refractivity contribution < 1.29 is 0 Å². The molecule has 0 bridgehead atoms. The lowest BCUT2D eigenvalue weighted by molar-refractivity contribution is 0.606. The maximum absolute atomic E-state index is 12.0. The van der Waals surface area contributed by atoms with Crippen molar-refractivity contribution in [3.63, 3.8) is 0 Å². The molecule has 0 amide bonds. The van der Waals surface area contributed by atoms with Crippen LogP contribution in [-0.2, 0) is 19.5 Å². The highest BCUT2D eigenvalue weighted by Crippen LogP contribution is 2.16. The zero-order valence-electron chi connectivity index (χ0n) is 11.0. The molecule has 0 aliphatic carbocycles. The van der Waals surface area contributed by atoms with E-state index in [0.717, 1.165) is 42.9 Å². The van der Waals surface area contributed by atoms with Crippen LogP contribution in [0.25, 0.3) is 0 Å². The van der Waals surface area contributed by atoms with Crippen LogP contribution in [0.1, 0.15) is 24.6 Å². The van der Waals surface area contributed by atoms with Crippen molar-refractivity contribution in [1.82, 2.24) is 19.6 Å². The topological polar surface area (TPSA) is 64.7 Å². The van der Waals surface area contributed by atoms with Crippen molar-refractivity contribution in [2.45, 2.75) is 32.9 Å². The van der Waals surface area contributed by atoms with Crippen molar-refractivity contribution in [2.24, 2.45) is 0 Å². The Kier molecular flexibility index (Phi) is 3.06. The van der Waals surface area contributed by atoms with Crippen LogP contribution in [-0.4, -0.2) is 26.1 Å². The Morgan fingerprint density at radius 3 is 3.16 bits per heavy atom. The lowest BCUT2D eigenvalue weighted by atomic mass is 10.1. The lowest BCUT2D eigenvalue weighted by Gasteiger charge is -2.17. The smallest absolute Gasteiger partial charge is 0.269 e. The molecule has 0 aromatic carbocycles. The van der Waals surface area contributed by atoms with Gasteiger partial charge >= 0.3 is 0 Å². The van der Waals surface area contributed by atoms with Crippen molar-refractivity contribution in [1.29, 1.82) is 0 Å². The van der Waals surface area contributed by atoms with E-state index in [0.29, 0.717) is 6.54 Å². The van der Waals surface area contributed by atoms with Gasteiger partial charge in [0.2, 0.25) is 0 Å². The molecule has 3 rings (SSSR count). The Balaban J connectivity index is 1.90. The largest absolute Gasteiger partial charge is 0.383 e. The third-order valence-electron chi connectivity index (χ3n) is 3.32. The third-order valence-corrected chi connectivity index (χ3v) is 3.32. The van der Waals surface area contributed by atoms with Crippen molar-refractivity contribution in [3.05, 3.63) is 40.1 Å². The average molecular weight is 259 g/mol. The Bertz CT molecular complexity index is 643. The molecule has 0 fully saturated rings. The molecule has 2 aromatic heterocycles. The molecule has 1 N–H and O–H groups in total. The predicted molar refractivity (Wildman–Crippen MR) is 72.3 cm³/mol. The molecular weight excluding hydrogens is 242 g/mol.